The van der Waals surface area contributed by atoms with Crippen molar-refractivity contribution in [1.82, 2.24) is 39.1 Å². The topological polar surface area (TPSA) is 269 Å². The summed E-state index contributed by atoms with van der Waals surface area (Å²) < 4.78 is 46.0. The van der Waals surface area contributed by atoms with Gasteiger partial charge in [-0.05, 0) is 6.07 Å². The first-order valence-electron chi connectivity index (χ1n) is 14.8. The molecule has 6 rings (SSSR count). The van der Waals surface area contributed by atoms with Crippen LogP contribution in [0, 0.1) is 0 Å². The molecule has 7 atom stereocenters. The van der Waals surface area contributed by atoms with E-state index in [1.165, 1.54) is 27.7 Å². The number of morpholine rings is 1. The van der Waals surface area contributed by atoms with E-state index in [0.29, 0.717) is 32.8 Å². The number of aromatic nitrogens is 6. The molecule has 0 radical (unpaired) electrons. The summed E-state index contributed by atoms with van der Waals surface area (Å²) in [6, 6.07) is 1.43. The van der Waals surface area contributed by atoms with Gasteiger partial charge >= 0.3 is 13.4 Å². The zero-order valence-electron chi connectivity index (χ0n) is 24.7. The number of ether oxygens (including phenoxy) is 3. The van der Waals surface area contributed by atoms with E-state index in [1.54, 1.807) is 0 Å². The van der Waals surface area contributed by atoms with Crippen LogP contribution in [0.25, 0.3) is 11.2 Å². The number of rotatable bonds is 12. The highest BCUT2D eigenvalue weighted by atomic mass is 31.2. The Balaban J connectivity index is 1.15. The molecule has 3 aliphatic rings. The van der Waals surface area contributed by atoms with Crippen molar-refractivity contribution >= 4 is 30.7 Å². The molecular formula is C25H37N10O10P. The average molecular weight is 669 g/mol. The molecule has 0 amide bonds. The average Bonchev–Trinajstić information content (AvgIpc) is 3.73. The standard InChI is InChI=1S/C25H37N10O10P/c26-18-1-3-34(25(39)30-18)20-10-15(16(11-36)43-20)45-46(40,29-2-4-33-5-7-41-8-6-33)42-12-17-14(37)9-19(44-17)35-13-28-21-22(35)31-24(27)32-23(21)38/h1,3,13-17,19-20,36-37H,2,4-12H2,(H,29,40)(H2,26,30,39)(H3,27,31,32,38)/t14?,15?,16-,17-,19-,20-,46?/m1/s1. The summed E-state index contributed by atoms with van der Waals surface area (Å²) in [4.78, 5) is 41.1. The zero-order valence-corrected chi connectivity index (χ0v) is 25.6. The van der Waals surface area contributed by atoms with Gasteiger partial charge in [0.25, 0.3) is 5.56 Å². The van der Waals surface area contributed by atoms with E-state index in [-0.39, 0.29) is 48.9 Å². The maximum atomic E-state index is 14.2. The largest absolute Gasteiger partial charge is 0.406 e. The van der Waals surface area contributed by atoms with Crippen LogP contribution in [-0.4, -0.2) is 121 Å². The fourth-order valence-electron chi connectivity index (χ4n) is 5.61. The Morgan fingerprint density at radius 1 is 1.11 bits per heavy atom. The van der Waals surface area contributed by atoms with Crippen molar-refractivity contribution in [3.63, 3.8) is 0 Å². The Morgan fingerprint density at radius 3 is 2.63 bits per heavy atom. The van der Waals surface area contributed by atoms with Crippen molar-refractivity contribution in [2.75, 3.05) is 64.1 Å². The highest BCUT2D eigenvalue weighted by Gasteiger charge is 2.44. The van der Waals surface area contributed by atoms with E-state index in [1.807, 2.05) is 0 Å². The molecule has 3 aromatic heterocycles. The van der Waals surface area contributed by atoms with Gasteiger partial charge < -0.3 is 35.9 Å². The molecule has 3 aliphatic heterocycles. The van der Waals surface area contributed by atoms with Crippen LogP contribution in [0.5, 0.6) is 0 Å². The Bertz CT molecular complexity index is 1680. The number of nitrogens with one attached hydrogen (secondary N) is 2. The summed E-state index contributed by atoms with van der Waals surface area (Å²) in [7, 11) is -4.14. The molecule has 21 heteroatoms. The van der Waals surface area contributed by atoms with Gasteiger partial charge in [0, 0.05) is 45.2 Å². The molecule has 46 heavy (non-hydrogen) atoms. The molecule has 3 saturated heterocycles. The number of hydrogen-bond acceptors (Lipinski definition) is 16. The van der Waals surface area contributed by atoms with Crippen molar-refractivity contribution in [3.05, 3.63) is 39.4 Å². The van der Waals surface area contributed by atoms with Gasteiger partial charge in [-0.1, -0.05) is 0 Å². The van der Waals surface area contributed by atoms with Crippen LogP contribution in [0.4, 0.5) is 11.8 Å². The maximum Gasteiger partial charge on any atom is 0.406 e. The zero-order chi connectivity index (χ0) is 32.4. The number of fused-ring (bicyclic) bond motifs is 1. The van der Waals surface area contributed by atoms with Gasteiger partial charge in [-0.15, -0.1) is 0 Å². The lowest BCUT2D eigenvalue weighted by atomic mass is 10.2. The van der Waals surface area contributed by atoms with Crippen molar-refractivity contribution in [2.24, 2.45) is 0 Å². The van der Waals surface area contributed by atoms with Crippen molar-refractivity contribution in [1.29, 1.82) is 0 Å². The third-order valence-electron chi connectivity index (χ3n) is 8.01. The number of anilines is 2. The summed E-state index contributed by atoms with van der Waals surface area (Å²) >= 11 is 0. The van der Waals surface area contributed by atoms with Gasteiger partial charge in [-0.25, -0.2) is 19.4 Å². The lowest BCUT2D eigenvalue weighted by Gasteiger charge is -2.29. The van der Waals surface area contributed by atoms with Crippen molar-refractivity contribution in [2.45, 2.75) is 49.7 Å². The molecule has 0 aromatic carbocycles. The number of nitrogen functional groups attached to an aromatic ring is 2. The van der Waals surface area contributed by atoms with E-state index < -0.39 is 62.5 Å². The molecule has 252 valence electrons. The maximum absolute atomic E-state index is 14.2. The number of hydrogen-bond donors (Lipinski definition) is 6. The Labute approximate surface area is 261 Å². The molecule has 0 saturated carbocycles. The first-order chi connectivity index (χ1) is 22.1. The highest BCUT2D eigenvalue weighted by Crippen LogP contribution is 2.49. The minimum absolute atomic E-state index is 0.0435. The van der Waals surface area contributed by atoms with Crippen LogP contribution in [-0.2, 0) is 27.8 Å². The summed E-state index contributed by atoms with van der Waals surface area (Å²) in [6.07, 6.45) is -2.60. The van der Waals surface area contributed by atoms with Gasteiger partial charge in [0.15, 0.2) is 11.2 Å². The SMILES string of the molecule is Nc1ccn([C@H]2CC(OP(=O)(NCCN3CCOCC3)OC[C@H]3O[C@@H](n4cnc5c(=O)[nH]c(N)nc54)CC3O)[C@@H](CO)O2)c(=O)n1. The van der Waals surface area contributed by atoms with E-state index in [0.717, 1.165) is 0 Å². The quantitative estimate of drug-likeness (QED) is 0.113. The number of nitrogens with two attached hydrogens (primary N) is 2. The Hall–Kier alpha value is -3.30. The first kappa shape index (κ1) is 32.6. The normalized spacial score (nSPS) is 28.6. The van der Waals surface area contributed by atoms with Gasteiger partial charge in [0.2, 0.25) is 5.95 Å². The summed E-state index contributed by atoms with van der Waals surface area (Å²) in [5.74, 6) is -0.0577. The Morgan fingerprint density at radius 2 is 1.87 bits per heavy atom. The molecule has 20 nitrogen and oxygen atoms in total. The number of aliphatic hydroxyl groups is 2. The molecule has 6 heterocycles. The first-order valence-corrected chi connectivity index (χ1v) is 16.3. The summed E-state index contributed by atoms with van der Waals surface area (Å²) in [5.41, 5.74) is 10.4. The van der Waals surface area contributed by atoms with E-state index in [2.05, 4.69) is 29.9 Å². The number of nitrogens with zero attached hydrogens (tertiary/aromatic N) is 6. The van der Waals surface area contributed by atoms with Crippen LogP contribution in [0.1, 0.15) is 25.3 Å². The molecule has 3 fully saturated rings. The second-order valence-electron chi connectivity index (χ2n) is 11.1. The molecular weight excluding hydrogens is 631 g/mol. The second-order valence-corrected chi connectivity index (χ2v) is 12.9. The predicted molar refractivity (Wildman–Crippen MR) is 159 cm³/mol. The third-order valence-corrected chi connectivity index (χ3v) is 9.66. The number of imidazole rings is 1. The van der Waals surface area contributed by atoms with Crippen molar-refractivity contribution in [3.8, 4) is 0 Å². The molecule has 0 bridgehead atoms. The fourth-order valence-corrected chi connectivity index (χ4v) is 7.14. The van der Waals surface area contributed by atoms with Crippen LogP contribution < -0.4 is 27.8 Å². The number of aromatic amines is 1. The van der Waals surface area contributed by atoms with Gasteiger partial charge in [-0.3, -0.25) is 32.9 Å². The predicted octanol–water partition coefficient (Wildman–Crippen LogP) is -2.10. The molecule has 3 aromatic rings. The van der Waals surface area contributed by atoms with Gasteiger partial charge in [-0.2, -0.15) is 9.97 Å². The van der Waals surface area contributed by atoms with Crippen LogP contribution in [0.2, 0.25) is 0 Å². The lowest BCUT2D eigenvalue weighted by Crippen LogP contribution is -2.40. The molecule has 8 N–H and O–H groups in total. The fraction of sp³-hybridized carbons (Fsp3) is 0.640. The van der Waals surface area contributed by atoms with Crippen molar-refractivity contribution < 1.29 is 38.0 Å². The Kier molecular flexibility index (Phi) is 9.80. The van der Waals surface area contributed by atoms with E-state index in [4.69, 9.17) is 34.7 Å². The number of aliphatic hydroxyl groups excluding tert-OH is 2. The van der Waals surface area contributed by atoms with E-state index >= 15 is 0 Å². The smallest absolute Gasteiger partial charge is 0.394 e. The van der Waals surface area contributed by atoms with Crippen LogP contribution in [0.15, 0.2) is 28.2 Å². The minimum Gasteiger partial charge on any atom is -0.394 e. The van der Waals surface area contributed by atoms with Crippen LogP contribution in [0.3, 0.4) is 0 Å². The molecule has 3 unspecified atom stereocenters. The highest BCUT2D eigenvalue weighted by molar-refractivity contribution is 7.51. The van der Waals surface area contributed by atoms with E-state index in [9.17, 15) is 24.4 Å². The van der Waals surface area contributed by atoms with Gasteiger partial charge in [0.05, 0.1) is 38.9 Å². The van der Waals surface area contributed by atoms with Gasteiger partial charge in [0.1, 0.15) is 36.6 Å². The lowest BCUT2D eigenvalue weighted by molar-refractivity contribution is -0.0521. The van der Waals surface area contributed by atoms with Crippen LogP contribution >= 0.6 is 7.75 Å². The molecule has 0 aliphatic carbocycles. The summed E-state index contributed by atoms with van der Waals surface area (Å²) in [6.45, 7) is 2.51. The second kappa shape index (κ2) is 13.8. The monoisotopic (exact) mass is 668 g/mol. The summed E-state index contributed by atoms with van der Waals surface area (Å²) in [5, 5.41) is 23.7. The third kappa shape index (κ3) is 7.15. The number of H-pyrrole nitrogens is 1. The molecule has 0 spiro atoms. The minimum atomic E-state index is -4.14.